The van der Waals surface area contributed by atoms with Gasteiger partial charge in [-0.15, -0.1) is 0 Å². The first-order chi connectivity index (χ1) is 13.2. The Morgan fingerprint density at radius 1 is 1.11 bits per heavy atom. The topological polar surface area (TPSA) is 67.1 Å². The summed E-state index contributed by atoms with van der Waals surface area (Å²) in [6.07, 6.45) is 3.19. The van der Waals surface area contributed by atoms with Gasteiger partial charge in [-0.25, -0.2) is 4.98 Å². The van der Waals surface area contributed by atoms with Crippen molar-refractivity contribution in [2.75, 3.05) is 24.1 Å². The summed E-state index contributed by atoms with van der Waals surface area (Å²) >= 11 is 0. The Morgan fingerprint density at radius 2 is 1.96 bits per heavy atom. The van der Waals surface area contributed by atoms with Crippen molar-refractivity contribution < 1.29 is 0 Å². The van der Waals surface area contributed by atoms with E-state index in [0.29, 0.717) is 5.95 Å². The Labute approximate surface area is 160 Å². The molecule has 4 rings (SSSR count). The van der Waals surface area contributed by atoms with E-state index in [4.69, 9.17) is 5.73 Å². The van der Waals surface area contributed by atoms with Crippen LogP contribution in [0.15, 0.2) is 42.5 Å². The molecule has 1 aliphatic heterocycles. The Balaban J connectivity index is 1.57. The first-order valence-electron chi connectivity index (χ1n) is 9.82. The molecule has 0 saturated heterocycles. The molecule has 5 heteroatoms. The summed E-state index contributed by atoms with van der Waals surface area (Å²) in [5.41, 5.74) is 9.59. The molecule has 5 nitrogen and oxygen atoms in total. The standard InChI is InChI=1S/C22H27N5/c1-2-3-12-24-21-19-15-27(13-11-20(19)25-22(23)26-21)14-17-9-6-8-16-7-4-5-10-18(16)17/h4-10H,2-3,11-15H2,1H3,(H3,23,24,25,26). The minimum Gasteiger partial charge on any atom is -0.370 e. The Bertz CT molecular complexity index is 932. The smallest absolute Gasteiger partial charge is 0.222 e. The van der Waals surface area contributed by atoms with Crippen LogP contribution < -0.4 is 11.1 Å². The molecule has 0 fully saturated rings. The molecular weight excluding hydrogens is 334 g/mol. The van der Waals surface area contributed by atoms with Crippen molar-refractivity contribution >= 4 is 22.5 Å². The fourth-order valence-electron chi connectivity index (χ4n) is 3.83. The summed E-state index contributed by atoms with van der Waals surface area (Å²) in [5, 5.41) is 6.10. The molecule has 2 heterocycles. The Morgan fingerprint density at radius 3 is 2.85 bits per heavy atom. The van der Waals surface area contributed by atoms with Gasteiger partial charge in [0.1, 0.15) is 5.82 Å². The molecule has 0 bridgehead atoms. The highest BCUT2D eigenvalue weighted by molar-refractivity contribution is 5.85. The largest absolute Gasteiger partial charge is 0.370 e. The van der Waals surface area contributed by atoms with E-state index in [-0.39, 0.29) is 0 Å². The molecule has 27 heavy (non-hydrogen) atoms. The van der Waals surface area contributed by atoms with Crippen LogP contribution in [0.5, 0.6) is 0 Å². The number of anilines is 2. The maximum Gasteiger partial charge on any atom is 0.222 e. The van der Waals surface area contributed by atoms with E-state index in [9.17, 15) is 0 Å². The monoisotopic (exact) mass is 361 g/mol. The molecule has 0 radical (unpaired) electrons. The molecule has 0 amide bonds. The third-order valence-corrected chi connectivity index (χ3v) is 5.25. The summed E-state index contributed by atoms with van der Waals surface area (Å²) < 4.78 is 0. The molecule has 0 spiro atoms. The summed E-state index contributed by atoms with van der Waals surface area (Å²) in [4.78, 5) is 11.5. The SMILES string of the molecule is CCCCNc1nc(N)nc2c1CN(Cc1cccc3ccccc13)CC2. The quantitative estimate of drug-likeness (QED) is 0.650. The average molecular weight is 361 g/mol. The van der Waals surface area contributed by atoms with Crippen molar-refractivity contribution in [2.45, 2.75) is 39.3 Å². The minimum absolute atomic E-state index is 0.371. The number of rotatable bonds is 6. The number of nitrogen functional groups attached to an aromatic ring is 1. The van der Waals surface area contributed by atoms with E-state index >= 15 is 0 Å². The molecule has 3 N–H and O–H groups in total. The van der Waals surface area contributed by atoms with Crippen LogP contribution in [0.25, 0.3) is 10.8 Å². The van der Waals surface area contributed by atoms with E-state index in [1.165, 1.54) is 21.9 Å². The van der Waals surface area contributed by atoms with Gasteiger partial charge in [0.05, 0.1) is 5.69 Å². The van der Waals surface area contributed by atoms with Crippen LogP contribution in [0, 0.1) is 0 Å². The van der Waals surface area contributed by atoms with Gasteiger partial charge >= 0.3 is 0 Å². The van der Waals surface area contributed by atoms with Crippen LogP contribution in [0.2, 0.25) is 0 Å². The highest BCUT2D eigenvalue weighted by Crippen LogP contribution is 2.27. The van der Waals surface area contributed by atoms with Crippen molar-refractivity contribution in [3.05, 3.63) is 59.3 Å². The van der Waals surface area contributed by atoms with Crippen molar-refractivity contribution in [3.8, 4) is 0 Å². The predicted octanol–water partition coefficient (Wildman–Crippen LogP) is 3.98. The molecule has 140 valence electrons. The lowest BCUT2D eigenvalue weighted by atomic mass is 10.0. The van der Waals surface area contributed by atoms with Gasteiger partial charge in [-0.1, -0.05) is 55.8 Å². The number of fused-ring (bicyclic) bond motifs is 2. The van der Waals surface area contributed by atoms with E-state index in [1.54, 1.807) is 0 Å². The van der Waals surface area contributed by atoms with Crippen LogP contribution in [0.1, 0.15) is 36.6 Å². The highest BCUT2D eigenvalue weighted by Gasteiger charge is 2.22. The fraction of sp³-hybridized carbons (Fsp3) is 0.364. The van der Waals surface area contributed by atoms with Gasteiger partial charge in [-0.05, 0) is 22.8 Å². The molecule has 2 aromatic carbocycles. The lowest BCUT2D eigenvalue weighted by Gasteiger charge is -2.30. The van der Waals surface area contributed by atoms with Gasteiger partial charge in [0.2, 0.25) is 5.95 Å². The first-order valence-corrected chi connectivity index (χ1v) is 9.82. The van der Waals surface area contributed by atoms with Crippen LogP contribution in [-0.2, 0) is 19.5 Å². The highest BCUT2D eigenvalue weighted by atomic mass is 15.2. The lowest BCUT2D eigenvalue weighted by Crippen LogP contribution is -2.32. The van der Waals surface area contributed by atoms with E-state index in [2.05, 4.69) is 69.6 Å². The lowest BCUT2D eigenvalue weighted by molar-refractivity contribution is 0.244. The number of aromatic nitrogens is 2. The Hall–Kier alpha value is -2.66. The van der Waals surface area contributed by atoms with Crippen LogP contribution in [0.4, 0.5) is 11.8 Å². The summed E-state index contributed by atoms with van der Waals surface area (Å²) in [7, 11) is 0. The Kier molecular flexibility index (Phi) is 5.21. The molecule has 0 aliphatic carbocycles. The molecule has 0 atom stereocenters. The second-order valence-electron chi connectivity index (χ2n) is 7.23. The number of unbranched alkanes of at least 4 members (excludes halogenated alkanes) is 1. The van der Waals surface area contributed by atoms with Gasteiger partial charge in [-0.2, -0.15) is 4.98 Å². The van der Waals surface area contributed by atoms with Gasteiger partial charge in [0.15, 0.2) is 0 Å². The maximum absolute atomic E-state index is 5.93. The molecule has 3 aromatic rings. The number of hydrogen-bond acceptors (Lipinski definition) is 5. The summed E-state index contributed by atoms with van der Waals surface area (Å²) in [5.74, 6) is 1.28. The van der Waals surface area contributed by atoms with Crippen molar-refractivity contribution in [2.24, 2.45) is 0 Å². The molecule has 1 aromatic heterocycles. The van der Waals surface area contributed by atoms with Crippen molar-refractivity contribution in [1.29, 1.82) is 0 Å². The number of nitrogens with two attached hydrogens (primary N) is 1. The van der Waals surface area contributed by atoms with Gasteiger partial charge < -0.3 is 11.1 Å². The van der Waals surface area contributed by atoms with E-state index < -0.39 is 0 Å². The molecule has 0 saturated carbocycles. The van der Waals surface area contributed by atoms with Crippen molar-refractivity contribution in [1.82, 2.24) is 14.9 Å². The zero-order valence-electron chi connectivity index (χ0n) is 15.9. The molecule has 1 aliphatic rings. The van der Waals surface area contributed by atoms with Crippen LogP contribution >= 0.6 is 0 Å². The first kappa shape index (κ1) is 17.7. The fourth-order valence-corrected chi connectivity index (χ4v) is 3.83. The second-order valence-corrected chi connectivity index (χ2v) is 7.23. The van der Waals surface area contributed by atoms with Gasteiger partial charge in [-0.3, -0.25) is 4.90 Å². The molecule has 0 unspecified atom stereocenters. The predicted molar refractivity (Wildman–Crippen MR) is 112 cm³/mol. The zero-order chi connectivity index (χ0) is 18.6. The number of nitrogens with zero attached hydrogens (tertiary/aromatic N) is 3. The van der Waals surface area contributed by atoms with E-state index in [1.807, 2.05) is 0 Å². The normalized spacial score (nSPS) is 14.3. The average Bonchev–Trinajstić information content (AvgIpc) is 2.69. The van der Waals surface area contributed by atoms with Gasteiger partial charge in [0.25, 0.3) is 0 Å². The van der Waals surface area contributed by atoms with Crippen LogP contribution in [0.3, 0.4) is 0 Å². The number of benzene rings is 2. The number of hydrogen-bond donors (Lipinski definition) is 2. The van der Waals surface area contributed by atoms with E-state index in [0.717, 1.165) is 57.0 Å². The molecular formula is C22H27N5. The van der Waals surface area contributed by atoms with Gasteiger partial charge in [0, 0.05) is 38.2 Å². The number of nitrogens with one attached hydrogen (secondary N) is 1. The minimum atomic E-state index is 0.371. The second kappa shape index (κ2) is 7.92. The zero-order valence-corrected chi connectivity index (χ0v) is 15.9. The summed E-state index contributed by atoms with van der Waals surface area (Å²) in [6.45, 7) is 5.88. The van der Waals surface area contributed by atoms with Crippen molar-refractivity contribution in [3.63, 3.8) is 0 Å². The third kappa shape index (κ3) is 3.88. The third-order valence-electron chi connectivity index (χ3n) is 5.25. The summed E-state index contributed by atoms with van der Waals surface area (Å²) in [6, 6.07) is 15.2. The van der Waals surface area contributed by atoms with Crippen LogP contribution in [-0.4, -0.2) is 28.0 Å². The maximum atomic E-state index is 5.93.